The van der Waals surface area contributed by atoms with E-state index in [9.17, 15) is 9.59 Å². The zero-order valence-electron chi connectivity index (χ0n) is 12.3. The molecule has 1 aliphatic rings. The number of hydrogen-bond acceptors (Lipinski definition) is 3. The first-order valence-corrected chi connectivity index (χ1v) is 7.09. The lowest BCUT2D eigenvalue weighted by Gasteiger charge is -2.35. The van der Waals surface area contributed by atoms with Crippen molar-refractivity contribution in [3.8, 4) is 0 Å². The van der Waals surface area contributed by atoms with Gasteiger partial charge in [0.05, 0.1) is 12.7 Å². The molecule has 2 amide bonds. The molecular formula is C14H22N4O2. The molecule has 1 aliphatic heterocycles. The number of aromatic nitrogens is 2. The third-order valence-electron chi connectivity index (χ3n) is 3.47. The van der Waals surface area contributed by atoms with E-state index in [-0.39, 0.29) is 24.4 Å². The molecular weight excluding hydrogens is 256 g/mol. The molecule has 0 aliphatic carbocycles. The average molecular weight is 278 g/mol. The highest BCUT2D eigenvalue weighted by Gasteiger charge is 2.34. The fourth-order valence-electron chi connectivity index (χ4n) is 2.43. The van der Waals surface area contributed by atoms with E-state index in [1.54, 1.807) is 11.1 Å². The summed E-state index contributed by atoms with van der Waals surface area (Å²) in [6.07, 6.45) is 4.36. The van der Waals surface area contributed by atoms with Crippen molar-refractivity contribution in [2.45, 2.75) is 46.3 Å². The molecule has 6 heteroatoms. The van der Waals surface area contributed by atoms with E-state index in [0.29, 0.717) is 18.9 Å². The summed E-state index contributed by atoms with van der Waals surface area (Å²) in [4.78, 5) is 25.8. The summed E-state index contributed by atoms with van der Waals surface area (Å²) < 4.78 is 1.82. The van der Waals surface area contributed by atoms with Crippen LogP contribution in [0.4, 0.5) is 0 Å². The molecule has 6 nitrogen and oxygen atoms in total. The molecule has 0 bridgehead atoms. The maximum absolute atomic E-state index is 12.1. The lowest BCUT2D eigenvalue weighted by molar-refractivity contribution is -0.146. The van der Waals surface area contributed by atoms with E-state index < -0.39 is 0 Å². The van der Waals surface area contributed by atoms with Crippen LogP contribution in [-0.2, 0) is 22.7 Å². The molecule has 0 spiro atoms. The van der Waals surface area contributed by atoms with E-state index >= 15 is 0 Å². The van der Waals surface area contributed by atoms with Crippen LogP contribution in [0.15, 0.2) is 12.4 Å². The number of piperazine rings is 1. The second-order valence-electron chi connectivity index (χ2n) is 5.59. The summed E-state index contributed by atoms with van der Waals surface area (Å²) in [5, 5.41) is 6.88. The number of rotatable bonds is 5. The fourth-order valence-corrected chi connectivity index (χ4v) is 2.43. The summed E-state index contributed by atoms with van der Waals surface area (Å²) in [7, 11) is 0. The van der Waals surface area contributed by atoms with Crippen LogP contribution in [0.25, 0.3) is 0 Å². The van der Waals surface area contributed by atoms with Crippen molar-refractivity contribution in [3.05, 3.63) is 18.0 Å². The highest BCUT2D eigenvalue weighted by molar-refractivity contribution is 5.94. The van der Waals surface area contributed by atoms with Gasteiger partial charge in [0.15, 0.2) is 0 Å². The largest absolute Gasteiger partial charge is 0.345 e. The van der Waals surface area contributed by atoms with Gasteiger partial charge in [0.25, 0.3) is 0 Å². The Balaban J connectivity index is 2.15. The maximum Gasteiger partial charge on any atom is 0.243 e. The molecule has 1 fully saturated rings. The Bertz CT molecular complexity index is 495. The Morgan fingerprint density at radius 3 is 2.80 bits per heavy atom. The smallest absolute Gasteiger partial charge is 0.243 e. The standard InChI is InChI=1S/C14H22N4O2/c1-4-17-8-11(6-16-17)9-18-12(5-10(2)3)14(20)15-7-13(18)19/h6,8,10,12H,4-5,7,9H2,1-3H3,(H,15,20). The van der Waals surface area contributed by atoms with Crippen molar-refractivity contribution in [2.24, 2.45) is 5.92 Å². The first kappa shape index (κ1) is 14.6. The minimum atomic E-state index is -0.374. The summed E-state index contributed by atoms with van der Waals surface area (Å²) in [6.45, 7) is 7.46. The Labute approximate surface area is 119 Å². The molecule has 0 radical (unpaired) electrons. The van der Waals surface area contributed by atoms with Crippen LogP contribution in [0.1, 0.15) is 32.8 Å². The summed E-state index contributed by atoms with van der Waals surface area (Å²) >= 11 is 0. The molecule has 20 heavy (non-hydrogen) atoms. The van der Waals surface area contributed by atoms with E-state index in [2.05, 4.69) is 24.3 Å². The third-order valence-corrected chi connectivity index (χ3v) is 3.47. The van der Waals surface area contributed by atoms with Gasteiger partial charge in [-0.05, 0) is 19.3 Å². The van der Waals surface area contributed by atoms with Gasteiger partial charge in [-0.3, -0.25) is 14.3 Å². The van der Waals surface area contributed by atoms with E-state index in [1.165, 1.54) is 0 Å². The Morgan fingerprint density at radius 2 is 2.20 bits per heavy atom. The van der Waals surface area contributed by atoms with Crippen molar-refractivity contribution in [1.82, 2.24) is 20.0 Å². The molecule has 1 N–H and O–H groups in total. The first-order valence-electron chi connectivity index (χ1n) is 7.09. The Hall–Kier alpha value is -1.85. The number of aryl methyl sites for hydroxylation is 1. The van der Waals surface area contributed by atoms with Crippen molar-refractivity contribution in [1.29, 1.82) is 0 Å². The molecule has 1 aromatic heterocycles. The van der Waals surface area contributed by atoms with E-state index in [0.717, 1.165) is 12.1 Å². The van der Waals surface area contributed by atoms with Gasteiger partial charge in [-0.15, -0.1) is 0 Å². The van der Waals surface area contributed by atoms with Gasteiger partial charge in [0, 0.05) is 24.8 Å². The van der Waals surface area contributed by atoms with Crippen LogP contribution < -0.4 is 5.32 Å². The maximum atomic E-state index is 12.1. The molecule has 1 aromatic rings. The molecule has 0 saturated carbocycles. The molecule has 1 saturated heterocycles. The van der Waals surface area contributed by atoms with Gasteiger partial charge < -0.3 is 10.2 Å². The molecule has 1 atom stereocenters. The van der Waals surface area contributed by atoms with Crippen molar-refractivity contribution < 1.29 is 9.59 Å². The summed E-state index contributed by atoms with van der Waals surface area (Å²) in [5.41, 5.74) is 0.962. The minimum absolute atomic E-state index is 0.0282. The normalized spacial score (nSPS) is 19.6. The highest BCUT2D eigenvalue weighted by atomic mass is 16.2. The number of hydrogen-bond donors (Lipinski definition) is 1. The third kappa shape index (κ3) is 3.18. The van der Waals surface area contributed by atoms with Gasteiger partial charge in [0.2, 0.25) is 11.8 Å². The van der Waals surface area contributed by atoms with Crippen LogP contribution in [0, 0.1) is 5.92 Å². The predicted octanol–water partition coefficient (Wildman–Crippen LogP) is 0.776. The fraction of sp³-hybridized carbons (Fsp3) is 0.643. The second-order valence-corrected chi connectivity index (χ2v) is 5.59. The summed E-state index contributed by atoms with van der Waals surface area (Å²) in [6, 6.07) is -0.374. The quantitative estimate of drug-likeness (QED) is 0.865. The van der Waals surface area contributed by atoms with E-state index in [4.69, 9.17) is 0 Å². The Morgan fingerprint density at radius 1 is 1.45 bits per heavy atom. The molecule has 1 unspecified atom stereocenters. The van der Waals surface area contributed by atoms with E-state index in [1.807, 2.05) is 17.8 Å². The number of nitrogens with zero attached hydrogens (tertiary/aromatic N) is 3. The Kier molecular flexibility index (Phi) is 4.42. The highest BCUT2D eigenvalue weighted by Crippen LogP contribution is 2.18. The number of carbonyl (C=O) groups is 2. The van der Waals surface area contributed by atoms with Crippen molar-refractivity contribution >= 4 is 11.8 Å². The molecule has 110 valence electrons. The number of carbonyl (C=O) groups excluding carboxylic acids is 2. The lowest BCUT2D eigenvalue weighted by atomic mass is 9.99. The topological polar surface area (TPSA) is 67.2 Å². The van der Waals surface area contributed by atoms with Crippen LogP contribution in [0.3, 0.4) is 0 Å². The molecule has 2 heterocycles. The number of nitrogens with one attached hydrogen (secondary N) is 1. The first-order chi connectivity index (χ1) is 9.51. The average Bonchev–Trinajstić information content (AvgIpc) is 2.85. The van der Waals surface area contributed by atoms with Gasteiger partial charge in [-0.1, -0.05) is 13.8 Å². The van der Waals surface area contributed by atoms with Crippen LogP contribution >= 0.6 is 0 Å². The minimum Gasteiger partial charge on any atom is -0.345 e. The molecule has 2 rings (SSSR count). The van der Waals surface area contributed by atoms with Crippen LogP contribution in [0.5, 0.6) is 0 Å². The van der Waals surface area contributed by atoms with Crippen molar-refractivity contribution in [3.63, 3.8) is 0 Å². The lowest BCUT2D eigenvalue weighted by Crippen LogP contribution is -2.58. The summed E-state index contributed by atoms with van der Waals surface area (Å²) in [5.74, 6) is 0.276. The zero-order chi connectivity index (χ0) is 14.7. The van der Waals surface area contributed by atoms with Crippen molar-refractivity contribution in [2.75, 3.05) is 6.54 Å². The predicted molar refractivity (Wildman–Crippen MR) is 74.7 cm³/mol. The van der Waals surface area contributed by atoms with Crippen LogP contribution in [0.2, 0.25) is 0 Å². The number of amides is 2. The van der Waals surface area contributed by atoms with Gasteiger partial charge in [-0.25, -0.2) is 0 Å². The van der Waals surface area contributed by atoms with Gasteiger partial charge in [0.1, 0.15) is 6.04 Å². The van der Waals surface area contributed by atoms with Gasteiger partial charge in [-0.2, -0.15) is 5.10 Å². The monoisotopic (exact) mass is 278 g/mol. The second kappa shape index (κ2) is 6.07. The zero-order valence-corrected chi connectivity index (χ0v) is 12.3. The van der Waals surface area contributed by atoms with Gasteiger partial charge >= 0.3 is 0 Å². The van der Waals surface area contributed by atoms with Crippen LogP contribution in [-0.4, -0.2) is 39.1 Å². The SMILES string of the molecule is CCn1cc(CN2C(=O)CNC(=O)C2CC(C)C)cn1. The molecule has 0 aromatic carbocycles.